The van der Waals surface area contributed by atoms with Crippen LogP contribution in [-0.4, -0.2) is 53.8 Å². The van der Waals surface area contributed by atoms with Gasteiger partial charge in [-0.25, -0.2) is 4.21 Å². The van der Waals surface area contributed by atoms with Crippen LogP contribution in [0.3, 0.4) is 0 Å². The molecular formula is C14H17N7O2S. The van der Waals surface area contributed by atoms with Crippen LogP contribution < -0.4 is 4.74 Å². The number of tetrazole rings is 1. The third-order valence-corrected chi connectivity index (χ3v) is 3.75. The normalized spacial score (nSPS) is 11.5. The quantitative estimate of drug-likeness (QED) is 0.689. The Hall–Kier alpha value is -2.75. The summed E-state index contributed by atoms with van der Waals surface area (Å²) in [6.45, 7) is 0.364. The molecule has 0 unspecified atom stereocenters. The number of ether oxygens (including phenoxy) is 1. The van der Waals surface area contributed by atoms with E-state index in [0.29, 0.717) is 18.1 Å². The number of hydrogen-bond acceptors (Lipinski definition) is 7. The Morgan fingerprint density at radius 2 is 2.00 bits per heavy atom. The smallest absolute Gasteiger partial charge is 0.178 e. The maximum absolute atomic E-state index is 11.7. The van der Waals surface area contributed by atoms with Crippen molar-refractivity contribution in [3.05, 3.63) is 42.5 Å². The monoisotopic (exact) mass is 347 g/mol. The number of rotatable bonds is 5. The second-order valence-corrected chi connectivity index (χ2v) is 7.92. The van der Waals surface area contributed by atoms with Gasteiger partial charge in [0.15, 0.2) is 5.82 Å². The molecule has 0 spiro atoms. The molecule has 2 aromatic heterocycles. The minimum Gasteiger partial charge on any atom is -0.497 e. The van der Waals surface area contributed by atoms with Crippen LogP contribution >= 0.6 is 0 Å². The first-order chi connectivity index (χ1) is 11.4. The van der Waals surface area contributed by atoms with Crippen molar-refractivity contribution in [1.29, 1.82) is 0 Å². The zero-order valence-electron chi connectivity index (χ0n) is 13.5. The minimum atomic E-state index is -2.22. The fourth-order valence-corrected chi connectivity index (χ4v) is 2.72. The first-order valence-corrected chi connectivity index (χ1v) is 9.39. The first-order valence-electron chi connectivity index (χ1n) is 7.06. The molecule has 0 atom stereocenters. The second kappa shape index (κ2) is 6.40. The molecule has 126 valence electrons. The Morgan fingerprint density at radius 3 is 2.67 bits per heavy atom. The van der Waals surface area contributed by atoms with Gasteiger partial charge in [-0.1, -0.05) is 0 Å². The zero-order chi connectivity index (χ0) is 17.2. The molecule has 0 N–H and O–H groups in total. The molecule has 0 saturated heterocycles. The Kier molecular flexibility index (Phi) is 4.30. The van der Waals surface area contributed by atoms with Gasteiger partial charge in [-0.3, -0.25) is 4.68 Å². The molecule has 0 aliphatic carbocycles. The SMILES string of the molecule is COc1ccc(-n2nnnc2Cn2cc(N=S(C)(C)=O)cn2)cc1. The molecule has 3 aromatic rings. The number of aromatic nitrogens is 6. The zero-order valence-corrected chi connectivity index (χ0v) is 14.3. The fourth-order valence-electron chi connectivity index (χ4n) is 2.11. The van der Waals surface area contributed by atoms with Crippen LogP contribution in [0.2, 0.25) is 0 Å². The Morgan fingerprint density at radius 1 is 1.25 bits per heavy atom. The summed E-state index contributed by atoms with van der Waals surface area (Å²) in [6.07, 6.45) is 6.43. The van der Waals surface area contributed by atoms with Crippen molar-refractivity contribution < 1.29 is 8.95 Å². The number of benzene rings is 1. The van der Waals surface area contributed by atoms with Crippen molar-refractivity contribution in [2.24, 2.45) is 4.36 Å². The highest BCUT2D eigenvalue weighted by atomic mass is 32.2. The average Bonchev–Trinajstić information content (AvgIpc) is 3.16. The lowest BCUT2D eigenvalue weighted by molar-refractivity contribution is 0.414. The largest absolute Gasteiger partial charge is 0.497 e. The topological polar surface area (TPSA) is 100 Å². The lowest BCUT2D eigenvalue weighted by atomic mass is 10.3. The summed E-state index contributed by atoms with van der Waals surface area (Å²) in [5.74, 6) is 1.37. The molecule has 2 heterocycles. The van der Waals surface area contributed by atoms with Gasteiger partial charge in [-0.2, -0.15) is 14.1 Å². The molecule has 9 nitrogen and oxygen atoms in total. The summed E-state index contributed by atoms with van der Waals surface area (Å²) in [5.41, 5.74) is 1.38. The summed E-state index contributed by atoms with van der Waals surface area (Å²) in [7, 11) is -0.606. The predicted octanol–water partition coefficient (Wildman–Crippen LogP) is 1.27. The van der Waals surface area contributed by atoms with Gasteiger partial charge < -0.3 is 4.74 Å². The van der Waals surface area contributed by atoms with E-state index in [-0.39, 0.29) is 0 Å². The Bertz CT molecular complexity index is 944. The van der Waals surface area contributed by atoms with Gasteiger partial charge in [0.05, 0.1) is 25.2 Å². The van der Waals surface area contributed by atoms with E-state index < -0.39 is 9.73 Å². The maximum Gasteiger partial charge on any atom is 0.178 e. The standard InChI is InChI=1S/C14H17N7O2S/c1-23-13-6-4-12(5-7-13)21-14(16-18-19-21)10-20-9-11(8-15-20)17-24(2,3)22/h4-9H,10H2,1-3H3. The van der Waals surface area contributed by atoms with Crippen LogP contribution in [0, 0.1) is 0 Å². The molecule has 24 heavy (non-hydrogen) atoms. The first kappa shape index (κ1) is 16.1. The molecule has 0 saturated carbocycles. The molecule has 1 aromatic carbocycles. The van der Waals surface area contributed by atoms with E-state index in [4.69, 9.17) is 4.74 Å². The van der Waals surface area contributed by atoms with Crippen LogP contribution in [0.5, 0.6) is 5.75 Å². The minimum absolute atomic E-state index is 0.364. The molecule has 0 aliphatic rings. The van der Waals surface area contributed by atoms with E-state index in [1.165, 1.54) is 0 Å². The van der Waals surface area contributed by atoms with Crippen molar-refractivity contribution in [1.82, 2.24) is 30.0 Å². The van der Waals surface area contributed by atoms with Crippen LogP contribution in [-0.2, 0) is 16.3 Å². The van der Waals surface area contributed by atoms with Gasteiger partial charge in [0, 0.05) is 22.2 Å². The van der Waals surface area contributed by atoms with Gasteiger partial charge in [0.1, 0.15) is 18.0 Å². The average molecular weight is 347 g/mol. The van der Waals surface area contributed by atoms with Crippen molar-refractivity contribution in [2.45, 2.75) is 6.54 Å². The molecule has 0 amide bonds. The van der Waals surface area contributed by atoms with E-state index in [1.807, 2.05) is 24.3 Å². The third kappa shape index (κ3) is 3.77. The van der Waals surface area contributed by atoms with Crippen molar-refractivity contribution >= 4 is 15.4 Å². The van der Waals surface area contributed by atoms with Gasteiger partial charge >= 0.3 is 0 Å². The van der Waals surface area contributed by atoms with Gasteiger partial charge in [-0.05, 0) is 34.7 Å². The van der Waals surface area contributed by atoms with Crippen LogP contribution in [0.4, 0.5) is 5.69 Å². The number of nitrogens with zero attached hydrogens (tertiary/aromatic N) is 7. The molecule has 3 rings (SSSR count). The van der Waals surface area contributed by atoms with E-state index in [2.05, 4.69) is 25.0 Å². The summed E-state index contributed by atoms with van der Waals surface area (Å²) in [5, 5.41) is 16.0. The van der Waals surface area contributed by atoms with Crippen molar-refractivity contribution in [2.75, 3.05) is 19.6 Å². The molecule has 10 heteroatoms. The summed E-state index contributed by atoms with van der Waals surface area (Å²) >= 11 is 0. The predicted molar refractivity (Wildman–Crippen MR) is 89.1 cm³/mol. The third-order valence-electron chi connectivity index (χ3n) is 3.10. The van der Waals surface area contributed by atoms with Gasteiger partial charge in [0.2, 0.25) is 0 Å². The highest BCUT2D eigenvalue weighted by Crippen LogP contribution is 2.16. The molecule has 0 bridgehead atoms. The Labute approximate surface area is 139 Å². The van der Waals surface area contributed by atoms with Gasteiger partial charge in [0.25, 0.3) is 0 Å². The van der Waals surface area contributed by atoms with E-state index >= 15 is 0 Å². The van der Waals surface area contributed by atoms with Crippen molar-refractivity contribution in [3.63, 3.8) is 0 Å². The fraction of sp³-hybridized carbons (Fsp3) is 0.286. The van der Waals surface area contributed by atoms with Crippen LogP contribution in [0.25, 0.3) is 5.69 Å². The van der Waals surface area contributed by atoms with E-state index in [1.54, 1.807) is 41.4 Å². The highest BCUT2D eigenvalue weighted by molar-refractivity contribution is 7.92. The molecule has 0 radical (unpaired) electrons. The molecule has 0 fully saturated rings. The van der Waals surface area contributed by atoms with Crippen molar-refractivity contribution in [3.8, 4) is 11.4 Å². The van der Waals surface area contributed by atoms with Gasteiger partial charge in [-0.15, -0.1) is 5.10 Å². The maximum atomic E-state index is 11.7. The Balaban J connectivity index is 1.84. The lowest BCUT2D eigenvalue weighted by Crippen LogP contribution is -2.08. The molecule has 0 aliphatic heterocycles. The summed E-state index contributed by atoms with van der Waals surface area (Å²) in [4.78, 5) is 0. The van der Waals surface area contributed by atoms with E-state index in [9.17, 15) is 4.21 Å². The second-order valence-electron chi connectivity index (χ2n) is 5.37. The highest BCUT2D eigenvalue weighted by Gasteiger charge is 2.10. The van der Waals surface area contributed by atoms with E-state index in [0.717, 1.165) is 11.4 Å². The lowest BCUT2D eigenvalue weighted by Gasteiger charge is -2.05. The summed E-state index contributed by atoms with van der Waals surface area (Å²) < 4.78 is 24.3. The van der Waals surface area contributed by atoms with Crippen LogP contribution in [0.1, 0.15) is 5.82 Å². The molecular weight excluding hydrogens is 330 g/mol. The van der Waals surface area contributed by atoms with Crippen LogP contribution in [0.15, 0.2) is 41.0 Å². The number of hydrogen-bond donors (Lipinski definition) is 0. The summed E-state index contributed by atoms with van der Waals surface area (Å²) in [6, 6.07) is 7.41. The number of methoxy groups -OCH3 is 1.